The minimum absolute atomic E-state index is 0.0845. The zero-order chi connectivity index (χ0) is 24.5. The van der Waals surface area contributed by atoms with Gasteiger partial charge in [-0.1, -0.05) is 29.8 Å². The Labute approximate surface area is 204 Å². The molecule has 6 nitrogen and oxygen atoms in total. The highest BCUT2D eigenvalue weighted by molar-refractivity contribution is 6.33. The maximum atomic E-state index is 13.6. The standard InChI is InChI=1S/C26H31ClFN3O3/c1-17-5-11-23(14-24(17)28)34-16-22(32)15-30-20-7-9-21(10-8-20)31-26(33)4-2-3-18-13-19(27)6-12-25(18)29/h2-6,11-14,20-22,29-30,32H,7-10,15-16H2,1H3,(H,31,33)/b4-2+,18-3-,29-25?. The quantitative estimate of drug-likeness (QED) is 0.395. The molecule has 8 heteroatoms. The van der Waals surface area contributed by atoms with Gasteiger partial charge >= 0.3 is 0 Å². The van der Waals surface area contributed by atoms with Crippen LogP contribution in [0.2, 0.25) is 0 Å². The van der Waals surface area contributed by atoms with Gasteiger partial charge in [0, 0.05) is 41.4 Å². The molecule has 1 amide bonds. The van der Waals surface area contributed by atoms with E-state index in [9.17, 15) is 14.3 Å². The smallest absolute Gasteiger partial charge is 0.244 e. The van der Waals surface area contributed by atoms with E-state index in [0.717, 1.165) is 25.7 Å². The highest BCUT2D eigenvalue weighted by Crippen LogP contribution is 2.20. The summed E-state index contributed by atoms with van der Waals surface area (Å²) in [5, 5.41) is 24.9. The summed E-state index contributed by atoms with van der Waals surface area (Å²) in [6.45, 7) is 2.15. The summed E-state index contributed by atoms with van der Waals surface area (Å²) >= 11 is 5.95. The van der Waals surface area contributed by atoms with Crippen LogP contribution in [0.5, 0.6) is 5.75 Å². The van der Waals surface area contributed by atoms with Crippen molar-refractivity contribution in [2.45, 2.75) is 50.8 Å². The zero-order valence-electron chi connectivity index (χ0n) is 19.2. The molecule has 1 aromatic rings. The number of hydrogen-bond donors (Lipinski definition) is 4. The average molecular weight is 488 g/mol. The van der Waals surface area contributed by atoms with Crippen LogP contribution in [0.4, 0.5) is 4.39 Å². The van der Waals surface area contributed by atoms with Gasteiger partial charge in [0.1, 0.15) is 24.3 Å². The average Bonchev–Trinajstić information content (AvgIpc) is 2.81. The van der Waals surface area contributed by atoms with Crippen molar-refractivity contribution >= 4 is 23.2 Å². The molecule has 0 saturated heterocycles. The third-order valence-electron chi connectivity index (χ3n) is 5.84. The van der Waals surface area contributed by atoms with Crippen LogP contribution in [0.25, 0.3) is 0 Å². The van der Waals surface area contributed by atoms with Gasteiger partial charge in [-0.3, -0.25) is 4.79 Å². The molecule has 1 saturated carbocycles. The summed E-state index contributed by atoms with van der Waals surface area (Å²) in [4.78, 5) is 12.2. The van der Waals surface area contributed by atoms with Crippen molar-refractivity contribution < 1.29 is 19.0 Å². The van der Waals surface area contributed by atoms with E-state index in [1.165, 1.54) is 12.1 Å². The summed E-state index contributed by atoms with van der Waals surface area (Å²) in [6.07, 6.45) is 12.5. The van der Waals surface area contributed by atoms with Crippen molar-refractivity contribution in [2.24, 2.45) is 0 Å². The maximum absolute atomic E-state index is 13.6. The van der Waals surface area contributed by atoms with Gasteiger partial charge in [0.15, 0.2) is 0 Å². The fourth-order valence-corrected chi connectivity index (χ4v) is 4.00. The monoisotopic (exact) mass is 487 g/mol. The van der Waals surface area contributed by atoms with E-state index in [-0.39, 0.29) is 30.4 Å². The van der Waals surface area contributed by atoms with Crippen molar-refractivity contribution in [2.75, 3.05) is 13.2 Å². The van der Waals surface area contributed by atoms with Crippen molar-refractivity contribution in [1.29, 1.82) is 5.41 Å². The molecular formula is C26H31ClFN3O3. The summed E-state index contributed by atoms with van der Waals surface area (Å²) in [7, 11) is 0. The number of rotatable bonds is 9. The lowest BCUT2D eigenvalue weighted by Gasteiger charge is -2.30. The third kappa shape index (κ3) is 8.24. The maximum Gasteiger partial charge on any atom is 0.244 e. The second-order valence-electron chi connectivity index (χ2n) is 8.60. The van der Waals surface area contributed by atoms with Crippen LogP contribution in [-0.4, -0.2) is 48.1 Å². The van der Waals surface area contributed by atoms with Crippen LogP contribution >= 0.6 is 11.6 Å². The molecule has 3 rings (SSSR count). The largest absolute Gasteiger partial charge is 0.491 e. The number of ether oxygens (including phenoxy) is 1. The van der Waals surface area contributed by atoms with Gasteiger partial charge in [-0.2, -0.15) is 0 Å². The number of aryl methyl sites for hydroxylation is 1. The Hall–Kier alpha value is -2.74. The van der Waals surface area contributed by atoms with Gasteiger partial charge < -0.3 is 25.9 Å². The second-order valence-corrected chi connectivity index (χ2v) is 9.03. The van der Waals surface area contributed by atoms with Crippen molar-refractivity contribution in [3.05, 3.63) is 76.6 Å². The lowest BCUT2D eigenvalue weighted by Crippen LogP contribution is -2.44. The van der Waals surface area contributed by atoms with Crippen molar-refractivity contribution in [3.63, 3.8) is 0 Å². The lowest BCUT2D eigenvalue weighted by molar-refractivity contribution is -0.117. The predicted molar refractivity (Wildman–Crippen MR) is 133 cm³/mol. The Morgan fingerprint density at radius 1 is 1.29 bits per heavy atom. The topological polar surface area (TPSA) is 94.4 Å². The first-order valence-corrected chi connectivity index (χ1v) is 11.8. The molecule has 1 unspecified atom stereocenters. The van der Waals surface area contributed by atoms with Crippen LogP contribution in [0, 0.1) is 18.2 Å². The third-order valence-corrected chi connectivity index (χ3v) is 6.07. The van der Waals surface area contributed by atoms with Crippen LogP contribution in [0.15, 0.2) is 65.3 Å². The minimum Gasteiger partial charge on any atom is -0.491 e. The molecular weight excluding hydrogens is 457 g/mol. The van der Waals surface area contributed by atoms with Crippen molar-refractivity contribution in [3.8, 4) is 5.75 Å². The molecule has 1 atom stereocenters. The predicted octanol–water partition coefficient (Wildman–Crippen LogP) is 4.09. The highest BCUT2D eigenvalue weighted by Gasteiger charge is 2.22. The summed E-state index contributed by atoms with van der Waals surface area (Å²) < 4.78 is 19.0. The molecule has 1 aromatic carbocycles. The number of halogens is 2. The number of hydrogen-bond acceptors (Lipinski definition) is 5. The summed E-state index contributed by atoms with van der Waals surface area (Å²) in [5.41, 5.74) is 1.55. The molecule has 182 valence electrons. The Bertz CT molecular complexity index is 1010. The van der Waals surface area contributed by atoms with E-state index >= 15 is 0 Å². The van der Waals surface area contributed by atoms with Crippen LogP contribution in [0.3, 0.4) is 0 Å². The van der Waals surface area contributed by atoms with E-state index in [1.807, 2.05) is 0 Å². The Balaban J connectivity index is 1.32. The number of amides is 1. The first-order valence-electron chi connectivity index (χ1n) is 11.4. The van der Waals surface area contributed by atoms with Crippen molar-refractivity contribution in [1.82, 2.24) is 10.6 Å². The number of allylic oxidation sites excluding steroid dienone is 7. The normalized spacial score (nSPS) is 22.6. The van der Waals surface area contributed by atoms with E-state index in [0.29, 0.717) is 34.2 Å². The van der Waals surface area contributed by atoms with E-state index in [1.54, 1.807) is 49.4 Å². The molecule has 0 radical (unpaired) electrons. The summed E-state index contributed by atoms with van der Waals surface area (Å²) in [6, 6.07) is 5.03. The van der Waals surface area contributed by atoms with E-state index in [2.05, 4.69) is 10.6 Å². The molecule has 0 aliphatic heterocycles. The van der Waals surface area contributed by atoms with Gasteiger partial charge in [-0.05, 0) is 62.5 Å². The Kier molecular flexibility index (Phi) is 9.62. The van der Waals surface area contributed by atoms with Crippen LogP contribution in [0.1, 0.15) is 31.2 Å². The molecule has 1 fully saturated rings. The Morgan fingerprint density at radius 2 is 2.03 bits per heavy atom. The second kappa shape index (κ2) is 12.6. The first-order chi connectivity index (χ1) is 16.3. The van der Waals surface area contributed by atoms with Gasteiger partial charge in [-0.15, -0.1) is 0 Å². The number of aliphatic hydroxyl groups excluding tert-OH is 1. The van der Waals surface area contributed by atoms with Gasteiger partial charge in [0.05, 0.1) is 5.71 Å². The number of nitrogens with one attached hydrogen (secondary N) is 3. The van der Waals surface area contributed by atoms with Gasteiger partial charge in [0.25, 0.3) is 0 Å². The van der Waals surface area contributed by atoms with Gasteiger partial charge in [-0.25, -0.2) is 4.39 Å². The highest BCUT2D eigenvalue weighted by atomic mass is 35.5. The SMILES string of the molecule is Cc1ccc(OCC(O)CNC2CCC(NC(=O)/C=C/C=C3/C=C(Cl)C=CC3=N)CC2)cc1F. The fraction of sp³-hybridized carbons (Fsp3) is 0.385. The molecule has 4 N–H and O–H groups in total. The van der Waals surface area contributed by atoms with Crippen LogP contribution in [-0.2, 0) is 4.79 Å². The molecule has 0 aromatic heterocycles. The summed E-state index contributed by atoms with van der Waals surface area (Å²) in [5.74, 6) is -0.0928. The minimum atomic E-state index is -0.702. The van der Waals surface area contributed by atoms with Gasteiger partial charge in [0.2, 0.25) is 5.91 Å². The van der Waals surface area contributed by atoms with E-state index in [4.69, 9.17) is 21.7 Å². The molecule has 0 spiro atoms. The fourth-order valence-electron chi connectivity index (χ4n) is 3.82. The number of carbonyl (C=O) groups excluding carboxylic acids is 1. The first kappa shape index (κ1) is 25.9. The number of aliphatic hydroxyl groups is 1. The van der Waals surface area contributed by atoms with Crippen LogP contribution < -0.4 is 15.4 Å². The molecule has 0 heterocycles. The molecule has 0 bridgehead atoms. The molecule has 2 aliphatic carbocycles. The number of carbonyl (C=O) groups is 1. The lowest BCUT2D eigenvalue weighted by atomic mass is 9.91. The molecule has 34 heavy (non-hydrogen) atoms. The zero-order valence-corrected chi connectivity index (χ0v) is 19.9. The molecule has 2 aliphatic rings. The number of benzene rings is 1. The Morgan fingerprint density at radius 3 is 2.76 bits per heavy atom. The van der Waals surface area contributed by atoms with E-state index < -0.39 is 6.10 Å².